The second-order valence-electron chi connectivity index (χ2n) is 2.41. The number of nitrogens with zero attached hydrogens (tertiary/aromatic N) is 1. The first kappa shape index (κ1) is 6.55. The van der Waals surface area contributed by atoms with Crippen LogP contribution in [0.2, 0.25) is 0 Å². The largest absolute Gasteiger partial charge is 0.463 e. The van der Waals surface area contributed by atoms with Gasteiger partial charge < -0.3 is 9.64 Å². The van der Waals surface area contributed by atoms with Crippen LogP contribution in [0.3, 0.4) is 0 Å². The zero-order valence-electron chi connectivity index (χ0n) is 5.54. The molecule has 0 aromatic carbocycles. The van der Waals surface area contributed by atoms with Crippen LogP contribution in [0, 0.1) is 0 Å². The second kappa shape index (κ2) is 2.82. The summed E-state index contributed by atoms with van der Waals surface area (Å²) in [5, 5.41) is 0. The fourth-order valence-corrected chi connectivity index (χ4v) is 1.08. The maximum Gasteiger partial charge on any atom is 0.293 e. The minimum atomic E-state index is 0.146. The first-order valence-electron chi connectivity index (χ1n) is 3.10. The maximum absolute atomic E-state index is 9.83. The van der Waals surface area contributed by atoms with Gasteiger partial charge >= 0.3 is 0 Å². The van der Waals surface area contributed by atoms with Gasteiger partial charge in [-0.3, -0.25) is 4.79 Å². The molecule has 3 heteroatoms. The van der Waals surface area contributed by atoms with Gasteiger partial charge in [-0.2, -0.15) is 0 Å². The van der Waals surface area contributed by atoms with Crippen molar-refractivity contribution >= 4 is 6.47 Å². The molecule has 0 saturated carbocycles. The molecule has 1 saturated heterocycles. The van der Waals surface area contributed by atoms with Crippen molar-refractivity contribution in [2.45, 2.75) is 12.5 Å². The van der Waals surface area contributed by atoms with Crippen LogP contribution in [0.1, 0.15) is 6.42 Å². The van der Waals surface area contributed by atoms with Gasteiger partial charge in [0.1, 0.15) is 6.10 Å². The van der Waals surface area contributed by atoms with E-state index in [9.17, 15) is 4.79 Å². The first-order chi connectivity index (χ1) is 4.33. The molecular weight excluding hydrogens is 118 g/mol. The summed E-state index contributed by atoms with van der Waals surface area (Å²) in [4.78, 5) is 12.0. The molecule has 1 aliphatic rings. The molecule has 1 heterocycles. The predicted octanol–water partition coefficient (Wildman–Crippen LogP) is -0.137. The summed E-state index contributed by atoms with van der Waals surface area (Å²) in [6, 6.07) is 0. The molecule has 1 fully saturated rings. The van der Waals surface area contributed by atoms with Crippen molar-refractivity contribution in [1.29, 1.82) is 0 Å². The molecule has 0 spiro atoms. The molecule has 0 aromatic rings. The molecule has 3 nitrogen and oxygen atoms in total. The van der Waals surface area contributed by atoms with Crippen LogP contribution in [0.25, 0.3) is 0 Å². The summed E-state index contributed by atoms with van der Waals surface area (Å²) in [6.07, 6.45) is 1.13. The second-order valence-corrected chi connectivity index (χ2v) is 2.41. The smallest absolute Gasteiger partial charge is 0.293 e. The van der Waals surface area contributed by atoms with E-state index in [-0.39, 0.29) is 6.10 Å². The fraction of sp³-hybridized carbons (Fsp3) is 0.833. The lowest BCUT2D eigenvalue weighted by atomic mass is 10.3. The van der Waals surface area contributed by atoms with Gasteiger partial charge in [-0.1, -0.05) is 0 Å². The highest BCUT2D eigenvalue weighted by atomic mass is 16.5. The van der Waals surface area contributed by atoms with Gasteiger partial charge in [-0.05, 0) is 13.5 Å². The summed E-state index contributed by atoms with van der Waals surface area (Å²) in [5.74, 6) is 0. The third kappa shape index (κ3) is 1.68. The summed E-state index contributed by atoms with van der Waals surface area (Å²) >= 11 is 0. The summed E-state index contributed by atoms with van der Waals surface area (Å²) in [6.45, 7) is 2.46. The molecule has 0 N–H and O–H groups in total. The third-order valence-corrected chi connectivity index (χ3v) is 1.60. The molecule has 0 radical (unpaired) electrons. The molecular formula is C6H11NO2. The van der Waals surface area contributed by atoms with Gasteiger partial charge in [0, 0.05) is 13.1 Å². The average molecular weight is 129 g/mol. The highest BCUT2D eigenvalue weighted by Gasteiger charge is 2.19. The minimum Gasteiger partial charge on any atom is -0.463 e. The number of hydrogen-bond donors (Lipinski definition) is 0. The van der Waals surface area contributed by atoms with Gasteiger partial charge in [0.2, 0.25) is 0 Å². The van der Waals surface area contributed by atoms with Gasteiger partial charge in [0.25, 0.3) is 6.47 Å². The molecule has 9 heavy (non-hydrogen) atoms. The average Bonchev–Trinajstić information content (AvgIpc) is 2.17. The molecule has 0 amide bonds. The Hall–Kier alpha value is -0.570. The van der Waals surface area contributed by atoms with Crippen molar-refractivity contribution in [2.24, 2.45) is 0 Å². The summed E-state index contributed by atoms with van der Waals surface area (Å²) in [5.41, 5.74) is 0. The van der Waals surface area contributed by atoms with E-state index >= 15 is 0 Å². The Morgan fingerprint density at radius 1 is 1.78 bits per heavy atom. The lowest BCUT2D eigenvalue weighted by Crippen LogP contribution is -2.18. The Kier molecular flexibility index (Phi) is 2.05. The highest BCUT2D eigenvalue weighted by molar-refractivity contribution is 5.37. The topological polar surface area (TPSA) is 29.5 Å². The van der Waals surface area contributed by atoms with Gasteiger partial charge in [0.15, 0.2) is 0 Å². The maximum atomic E-state index is 9.83. The van der Waals surface area contributed by atoms with Crippen molar-refractivity contribution in [3.05, 3.63) is 0 Å². The van der Waals surface area contributed by atoms with Crippen molar-refractivity contribution in [3.8, 4) is 0 Å². The van der Waals surface area contributed by atoms with Crippen LogP contribution in [0.5, 0.6) is 0 Å². The van der Waals surface area contributed by atoms with E-state index in [0.717, 1.165) is 19.5 Å². The number of carbonyl (C=O) groups excluding carboxylic acids is 1. The molecule has 0 aromatic heterocycles. The highest BCUT2D eigenvalue weighted by Crippen LogP contribution is 2.08. The number of hydrogen-bond acceptors (Lipinski definition) is 3. The molecule has 0 unspecified atom stereocenters. The lowest BCUT2D eigenvalue weighted by molar-refractivity contribution is -0.132. The standard InChI is InChI=1S/C6H11NO2/c1-7-3-2-6(4-7)9-5-8/h5-6H,2-4H2,1H3/t6-/m1/s1. The van der Waals surface area contributed by atoms with Crippen LogP contribution in [-0.2, 0) is 9.53 Å². The van der Waals surface area contributed by atoms with E-state index in [1.807, 2.05) is 7.05 Å². The van der Waals surface area contributed by atoms with Crippen LogP contribution in [-0.4, -0.2) is 37.6 Å². The number of carbonyl (C=O) groups is 1. The zero-order valence-corrected chi connectivity index (χ0v) is 5.54. The van der Waals surface area contributed by atoms with Crippen LogP contribution in [0.4, 0.5) is 0 Å². The monoisotopic (exact) mass is 129 g/mol. The zero-order chi connectivity index (χ0) is 6.69. The van der Waals surface area contributed by atoms with Crippen LogP contribution in [0.15, 0.2) is 0 Å². The van der Waals surface area contributed by atoms with Crippen molar-refractivity contribution in [3.63, 3.8) is 0 Å². The molecule has 1 atom stereocenters. The van der Waals surface area contributed by atoms with E-state index < -0.39 is 0 Å². The van der Waals surface area contributed by atoms with Gasteiger partial charge in [0.05, 0.1) is 0 Å². The molecule has 52 valence electrons. The van der Waals surface area contributed by atoms with Crippen LogP contribution >= 0.6 is 0 Å². The number of ether oxygens (including phenoxy) is 1. The minimum absolute atomic E-state index is 0.146. The Morgan fingerprint density at radius 3 is 3.00 bits per heavy atom. The first-order valence-corrected chi connectivity index (χ1v) is 3.10. The van der Waals surface area contributed by atoms with E-state index in [0.29, 0.717) is 6.47 Å². The van der Waals surface area contributed by atoms with E-state index in [2.05, 4.69) is 4.90 Å². The third-order valence-electron chi connectivity index (χ3n) is 1.60. The lowest BCUT2D eigenvalue weighted by Gasteiger charge is -2.06. The molecule has 1 aliphatic heterocycles. The Labute approximate surface area is 54.6 Å². The van der Waals surface area contributed by atoms with Gasteiger partial charge in [-0.25, -0.2) is 0 Å². The van der Waals surface area contributed by atoms with E-state index in [1.54, 1.807) is 0 Å². The SMILES string of the molecule is CN1CC[C@@H](OC=O)C1. The van der Waals surface area contributed by atoms with E-state index in [4.69, 9.17) is 4.74 Å². The number of likely N-dealkylation sites (N-methyl/N-ethyl adjacent to an activating group) is 1. The normalized spacial score (nSPS) is 28.3. The predicted molar refractivity (Wildman–Crippen MR) is 33.1 cm³/mol. The van der Waals surface area contributed by atoms with Gasteiger partial charge in [-0.15, -0.1) is 0 Å². The summed E-state index contributed by atoms with van der Waals surface area (Å²) in [7, 11) is 2.02. The quantitative estimate of drug-likeness (QED) is 0.486. The molecule has 0 bridgehead atoms. The number of likely N-dealkylation sites (tertiary alicyclic amines) is 1. The van der Waals surface area contributed by atoms with Crippen molar-refractivity contribution in [1.82, 2.24) is 4.90 Å². The Morgan fingerprint density at radius 2 is 2.56 bits per heavy atom. The number of rotatable bonds is 2. The summed E-state index contributed by atoms with van der Waals surface area (Å²) < 4.78 is 4.75. The fourth-order valence-electron chi connectivity index (χ4n) is 1.08. The Balaban J connectivity index is 2.21. The van der Waals surface area contributed by atoms with Crippen molar-refractivity contribution < 1.29 is 9.53 Å². The Bertz CT molecular complexity index is 105. The van der Waals surface area contributed by atoms with Crippen molar-refractivity contribution in [2.75, 3.05) is 20.1 Å². The van der Waals surface area contributed by atoms with Crippen LogP contribution < -0.4 is 0 Å². The van der Waals surface area contributed by atoms with E-state index in [1.165, 1.54) is 0 Å². The molecule has 0 aliphatic carbocycles. The molecule has 1 rings (SSSR count).